The second-order valence-electron chi connectivity index (χ2n) is 9.17. The van der Waals surface area contributed by atoms with Crippen LogP contribution in [-0.2, 0) is 0 Å². The van der Waals surface area contributed by atoms with Gasteiger partial charge in [0.2, 0.25) is 0 Å². The zero-order valence-corrected chi connectivity index (χ0v) is 38.2. The summed E-state index contributed by atoms with van der Waals surface area (Å²) in [6.07, 6.45) is 24.4. The number of hydrogen-bond acceptors (Lipinski definition) is 10. The molecule has 6 aromatic heterocycles. The van der Waals surface area contributed by atoms with Crippen LogP contribution in [0, 0.1) is 0 Å². The minimum atomic E-state index is 0.370. The van der Waals surface area contributed by atoms with Gasteiger partial charge in [-0.05, 0) is 70.8 Å². The van der Waals surface area contributed by atoms with Gasteiger partial charge in [-0.2, -0.15) is 10.2 Å². The lowest BCUT2D eigenvalue weighted by Crippen LogP contribution is -2.30. The SMILES string of the molecule is C1=CC2NC=CN2C=C1.CC.CC.CC.CC.CC.CC.c1ccc2occc2c1.c1ccc2sccc2c1.c1cn[nH]c1.c1cnsc1.c1ncc2cn[nH]c2n1. The fourth-order valence-corrected chi connectivity index (χ4v) is 5.06. The molecule has 0 aliphatic carbocycles. The highest BCUT2D eigenvalue weighted by Crippen LogP contribution is 2.19. The van der Waals surface area contributed by atoms with Crippen LogP contribution in [0.5, 0.6) is 0 Å². The third kappa shape index (κ3) is 23.3. The average Bonchev–Trinajstić information content (AvgIpc) is 4.19. The summed E-state index contributed by atoms with van der Waals surface area (Å²) in [6.45, 7) is 24.0. The summed E-state index contributed by atoms with van der Waals surface area (Å²) in [5, 5.41) is 23.4. The normalized spacial score (nSPS) is 11.2. The monoisotopic (exact) mass is 825 g/mol. The lowest BCUT2D eigenvalue weighted by atomic mass is 10.3. The molecule has 1 unspecified atom stereocenters. The van der Waals surface area contributed by atoms with E-state index >= 15 is 0 Å². The summed E-state index contributed by atoms with van der Waals surface area (Å²) in [5.74, 6) is 0. The first-order valence-electron chi connectivity index (χ1n) is 20.1. The van der Waals surface area contributed by atoms with E-state index in [1.807, 2.05) is 162 Å². The van der Waals surface area contributed by atoms with Crippen LogP contribution in [0.2, 0.25) is 0 Å². The highest BCUT2D eigenvalue weighted by atomic mass is 32.1. The molecule has 1 atom stereocenters. The summed E-state index contributed by atoms with van der Waals surface area (Å²) in [6, 6.07) is 24.2. The molecule has 0 saturated heterocycles. The first-order valence-corrected chi connectivity index (χ1v) is 21.9. The van der Waals surface area contributed by atoms with Crippen LogP contribution in [0.3, 0.4) is 0 Å². The van der Waals surface area contributed by atoms with Gasteiger partial charge in [-0.25, -0.2) is 14.3 Å². The number of aromatic amines is 2. The van der Waals surface area contributed by atoms with E-state index in [0.29, 0.717) is 6.17 Å². The van der Waals surface area contributed by atoms with E-state index in [1.165, 1.54) is 27.9 Å². The summed E-state index contributed by atoms with van der Waals surface area (Å²) in [5.41, 5.74) is 1.74. The van der Waals surface area contributed by atoms with Crippen LogP contribution in [0.1, 0.15) is 83.1 Å². The smallest absolute Gasteiger partial charge is 0.158 e. The van der Waals surface area contributed by atoms with Gasteiger partial charge in [0.1, 0.15) is 18.1 Å². The fraction of sp³-hybridized carbons (Fsp3) is 0.283. The number of hydrogen-bond donors (Lipinski definition) is 3. The molecule has 8 heterocycles. The quantitative estimate of drug-likeness (QED) is 0.138. The molecule has 0 amide bonds. The first-order chi connectivity index (χ1) is 28.9. The van der Waals surface area contributed by atoms with E-state index in [4.69, 9.17) is 4.42 Å². The number of H-pyrrole nitrogens is 2. The van der Waals surface area contributed by atoms with Gasteiger partial charge in [-0.1, -0.05) is 126 Å². The Morgan fingerprint density at radius 1 is 0.655 bits per heavy atom. The third-order valence-corrected chi connectivity index (χ3v) is 7.51. The lowest BCUT2D eigenvalue weighted by molar-refractivity contribution is 0.426. The molecule has 0 spiro atoms. The minimum absolute atomic E-state index is 0.370. The van der Waals surface area contributed by atoms with Crippen LogP contribution < -0.4 is 5.32 Å². The molecule has 314 valence electrons. The number of fused-ring (bicyclic) bond motifs is 4. The van der Waals surface area contributed by atoms with Gasteiger partial charge in [0.25, 0.3) is 0 Å². The van der Waals surface area contributed by atoms with Crippen molar-refractivity contribution in [2.24, 2.45) is 0 Å². The Morgan fingerprint density at radius 3 is 1.95 bits per heavy atom. The zero-order valence-electron chi connectivity index (χ0n) is 36.6. The van der Waals surface area contributed by atoms with Gasteiger partial charge in [-0.15, -0.1) is 11.3 Å². The predicted octanol–water partition coefficient (Wildman–Crippen LogP) is 14.2. The average molecular weight is 826 g/mol. The fourth-order valence-electron chi connectivity index (χ4n) is 3.92. The summed E-state index contributed by atoms with van der Waals surface area (Å²) in [7, 11) is 0. The van der Waals surface area contributed by atoms with Gasteiger partial charge in [-0.3, -0.25) is 10.2 Å². The number of allylic oxidation sites excluding steroid dienone is 2. The number of thiophene rings is 1. The van der Waals surface area contributed by atoms with E-state index < -0.39 is 0 Å². The van der Waals surface area contributed by atoms with Gasteiger partial charge >= 0.3 is 0 Å². The number of benzene rings is 2. The van der Waals surface area contributed by atoms with Crippen LogP contribution in [0.4, 0.5) is 0 Å². The van der Waals surface area contributed by atoms with Gasteiger partial charge in [0.05, 0.1) is 17.8 Å². The Hall–Kier alpha value is -5.85. The topological polar surface area (TPSA) is 124 Å². The second kappa shape index (κ2) is 40.8. The molecule has 0 fully saturated rings. The van der Waals surface area contributed by atoms with E-state index in [1.54, 1.807) is 48.6 Å². The molecular weight excluding hydrogens is 759 g/mol. The van der Waals surface area contributed by atoms with E-state index in [2.05, 4.69) is 86.7 Å². The zero-order chi connectivity index (χ0) is 43.5. The summed E-state index contributed by atoms with van der Waals surface area (Å²) >= 11 is 3.25. The molecule has 12 heteroatoms. The molecule has 0 radical (unpaired) electrons. The second-order valence-corrected chi connectivity index (χ2v) is 10.8. The molecule has 2 aromatic carbocycles. The van der Waals surface area contributed by atoms with Crippen LogP contribution in [0.25, 0.3) is 32.1 Å². The first kappa shape index (κ1) is 54.3. The van der Waals surface area contributed by atoms with Gasteiger partial charge in [0, 0.05) is 58.9 Å². The highest BCUT2D eigenvalue weighted by Gasteiger charge is 2.13. The predicted molar refractivity (Wildman–Crippen MR) is 255 cm³/mol. The number of nitrogens with one attached hydrogen (secondary N) is 3. The maximum absolute atomic E-state index is 5.12. The van der Waals surface area contributed by atoms with Crippen LogP contribution in [-0.4, -0.2) is 45.8 Å². The Bertz CT molecular complexity index is 1720. The molecule has 3 N–H and O–H groups in total. The van der Waals surface area contributed by atoms with E-state index in [-0.39, 0.29) is 0 Å². The Labute approximate surface area is 356 Å². The van der Waals surface area contributed by atoms with Crippen molar-refractivity contribution in [1.29, 1.82) is 0 Å². The number of furan rings is 1. The number of rotatable bonds is 0. The van der Waals surface area contributed by atoms with Crippen molar-refractivity contribution in [3.63, 3.8) is 0 Å². The van der Waals surface area contributed by atoms with Crippen molar-refractivity contribution >= 4 is 55.0 Å². The van der Waals surface area contributed by atoms with Crippen molar-refractivity contribution in [3.05, 3.63) is 164 Å². The molecule has 2 aliphatic heterocycles. The third-order valence-electron chi connectivity index (χ3n) is 6.09. The van der Waals surface area contributed by atoms with Crippen molar-refractivity contribution in [2.45, 2.75) is 89.3 Å². The molecular formula is C46H67N9OS2. The highest BCUT2D eigenvalue weighted by molar-refractivity contribution is 7.17. The number of nitrogens with zero attached hydrogens (tertiary/aromatic N) is 6. The Balaban J connectivity index is 0. The van der Waals surface area contributed by atoms with Crippen molar-refractivity contribution < 1.29 is 4.42 Å². The molecule has 10 rings (SSSR count). The number of aromatic nitrogens is 7. The molecule has 58 heavy (non-hydrogen) atoms. The van der Waals surface area contributed by atoms with Gasteiger partial charge in [0.15, 0.2) is 5.65 Å². The number of para-hydroxylation sites is 1. The van der Waals surface area contributed by atoms with Gasteiger partial charge < -0.3 is 14.6 Å². The molecule has 10 nitrogen and oxygen atoms in total. The minimum Gasteiger partial charge on any atom is -0.464 e. The largest absolute Gasteiger partial charge is 0.464 e. The molecule has 0 bridgehead atoms. The van der Waals surface area contributed by atoms with E-state index in [9.17, 15) is 0 Å². The van der Waals surface area contributed by atoms with E-state index in [0.717, 1.165) is 22.0 Å². The Kier molecular flexibility index (Phi) is 38.2. The maximum atomic E-state index is 5.12. The lowest BCUT2D eigenvalue weighted by Gasteiger charge is -2.20. The summed E-state index contributed by atoms with van der Waals surface area (Å²) < 4.78 is 10.3. The van der Waals surface area contributed by atoms with Crippen molar-refractivity contribution in [2.75, 3.05) is 0 Å². The van der Waals surface area contributed by atoms with Crippen LogP contribution >= 0.6 is 22.9 Å². The van der Waals surface area contributed by atoms with Crippen molar-refractivity contribution in [1.82, 2.24) is 45.0 Å². The molecule has 8 aromatic rings. The van der Waals surface area contributed by atoms with Crippen molar-refractivity contribution in [3.8, 4) is 0 Å². The molecule has 2 aliphatic rings. The summed E-state index contributed by atoms with van der Waals surface area (Å²) in [4.78, 5) is 9.84. The van der Waals surface area contributed by atoms with Crippen LogP contribution in [0.15, 0.2) is 168 Å². The Morgan fingerprint density at radius 2 is 1.38 bits per heavy atom. The standard InChI is InChI=1S/C8H6O.C8H6S.C7H8N2.C5H4N4.C3H4N2.C3H3NS.6C2H6/c2*1-2-4-8-7(3-1)5-6-9-8;1-2-5-9-6-4-8-7(9)3-1;1-4-2-8-9-5(4)7-3-6-1;2*1-2-4-5-3-1;6*1-2/h2*1-6H;1-8H;1-3H,(H,6,7,8,9);1-3H,(H,4,5);1-3H;6*1-2H3. The maximum Gasteiger partial charge on any atom is 0.158 e. The molecule has 0 saturated carbocycles.